The Labute approximate surface area is 131 Å². The van der Waals surface area contributed by atoms with Crippen LogP contribution >= 0.6 is 11.3 Å². The Morgan fingerprint density at radius 1 is 1.32 bits per heavy atom. The van der Waals surface area contributed by atoms with E-state index in [9.17, 15) is 13.2 Å². The Balaban J connectivity index is 1.82. The van der Waals surface area contributed by atoms with Crippen LogP contribution in [0.2, 0.25) is 0 Å². The van der Waals surface area contributed by atoms with Gasteiger partial charge in [-0.2, -0.15) is 8.42 Å². The fourth-order valence-electron chi connectivity index (χ4n) is 2.16. The van der Waals surface area contributed by atoms with E-state index in [1.807, 2.05) is 7.05 Å². The van der Waals surface area contributed by atoms with Gasteiger partial charge >= 0.3 is 5.97 Å². The van der Waals surface area contributed by atoms with E-state index in [4.69, 9.17) is 5.11 Å². The molecule has 0 saturated heterocycles. The number of hydrogen-bond donors (Lipinski definition) is 2. The lowest BCUT2D eigenvalue weighted by molar-refractivity contribution is 0.0697. The molecular formula is C13H13N3O4S2. The molecule has 0 aliphatic carbocycles. The van der Waals surface area contributed by atoms with Gasteiger partial charge in [-0.05, 0) is 31.3 Å². The summed E-state index contributed by atoms with van der Waals surface area (Å²) in [6.45, 7) is 1.35. The molecule has 3 rings (SSSR count). The van der Waals surface area contributed by atoms with Gasteiger partial charge in [-0.1, -0.05) is 0 Å². The summed E-state index contributed by atoms with van der Waals surface area (Å²) in [5, 5.41) is 8.82. The molecule has 0 atom stereocenters. The Kier molecular flexibility index (Phi) is 3.63. The highest BCUT2D eigenvalue weighted by atomic mass is 32.2. The zero-order valence-electron chi connectivity index (χ0n) is 11.6. The molecule has 22 heavy (non-hydrogen) atoms. The molecule has 0 spiro atoms. The minimum Gasteiger partial charge on any atom is -0.478 e. The summed E-state index contributed by atoms with van der Waals surface area (Å²) < 4.78 is 27.1. The number of nitrogens with one attached hydrogen (secondary N) is 1. The van der Waals surface area contributed by atoms with Crippen LogP contribution in [-0.4, -0.2) is 36.4 Å². The molecule has 2 N–H and O–H groups in total. The van der Waals surface area contributed by atoms with Crippen LogP contribution < -0.4 is 4.72 Å². The number of carboxylic acids is 1. The van der Waals surface area contributed by atoms with Gasteiger partial charge in [-0.3, -0.25) is 9.62 Å². The largest absolute Gasteiger partial charge is 0.478 e. The highest BCUT2D eigenvalue weighted by Gasteiger charge is 2.26. The summed E-state index contributed by atoms with van der Waals surface area (Å²) in [5.74, 6) is -1.06. The Bertz CT molecular complexity index is 804. The van der Waals surface area contributed by atoms with Crippen molar-refractivity contribution in [2.45, 2.75) is 17.4 Å². The van der Waals surface area contributed by atoms with Gasteiger partial charge in [-0.25, -0.2) is 9.78 Å². The standard InChI is InChI=1S/C13H13N3O4S2/c1-16-6-10-11(7-16)21-13(14-10)22(19,20)15-9-4-2-8(3-5-9)12(17)18/h2-5,15H,6-7H2,1H3,(H,17,18). The highest BCUT2D eigenvalue weighted by molar-refractivity contribution is 7.94. The van der Waals surface area contributed by atoms with Crippen LogP contribution in [0.1, 0.15) is 20.9 Å². The lowest BCUT2D eigenvalue weighted by atomic mass is 10.2. The number of nitrogens with zero attached hydrogens (tertiary/aromatic N) is 2. The quantitative estimate of drug-likeness (QED) is 0.877. The second-order valence-corrected chi connectivity index (χ2v) is 7.95. The van der Waals surface area contributed by atoms with Gasteiger partial charge < -0.3 is 5.11 Å². The molecule has 0 amide bonds. The normalized spacial score (nSPS) is 14.8. The minimum atomic E-state index is -3.75. The molecule has 0 radical (unpaired) electrons. The Hall–Kier alpha value is -1.97. The van der Waals surface area contributed by atoms with Crippen LogP contribution in [-0.2, 0) is 23.1 Å². The topological polar surface area (TPSA) is 99.6 Å². The van der Waals surface area contributed by atoms with Crippen LogP contribution in [0, 0.1) is 0 Å². The van der Waals surface area contributed by atoms with Crippen LogP contribution in [0.25, 0.3) is 0 Å². The van der Waals surface area contributed by atoms with Crippen molar-refractivity contribution >= 4 is 33.0 Å². The minimum absolute atomic E-state index is 0.0351. The van der Waals surface area contributed by atoms with Crippen LogP contribution in [0.3, 0.4) is 0 Å². The van der Waals surface area contributed by atoms with E-state index in [1.54, 1.807) is 0 Å². The van der Waals surface area contributed by atoms with Crippen molar-refractivity contribution in [2.24, 2.45) is 0 Å². The summed E-state index contributed by atoms with van der Waals surface area (Å²) >= 11 is 1.16. The van der Waals surface area contributed by atoms with Crippen LogP contribution in [0.4, 0.5) is 5.69 Å². The molecule has 1 aromatic carbocycles. The van der Waals surface area contributed by atoms with Gasteiger partial charge in [0.25, 0.3) is 10.0 Å². The fourth-order valence-corrected chi connectivity index (χ4v) is 4.67. The second kappa shape index (κ2) is 5.34. The first-order valence-corrected chi connectivity index (χ1v) is 8.68. The first-order chi connectivity index (χ1) is 10.3. The lowest BCUT2D eigenvalue weighted by Gasteiger charge is -2.07. The van der Waals surface area contributed by atoms with Crippen molar-refractivity contribution in [1.29, 1.82) is 0 Å². The van der Waals surface area contributed by atoms with Crippen molar-refractivity contribution < 1.29 is 18.3 Å². The molecule has 1 aromatic heterocycles. The average molecular weight is 339 g/mol. The molecule has 2 heterocycles. The van der Waals surface area contributed by atoms with Gasteiger partial charge in [0.15, 0.2) is 0 Å². The first kappa shape index (κ1) is 14.9. The van der Waals surface area contributed by atoms with E-state index < -0.39 is 16.0 Å². The monoisotopic (exact) mass is 339 g/mol. The van der Waals surface area contributed by atoms with E-state index in [-0.39, 0.29) is 9.90 Å². The van der Waals surface area contributed by atoms with Crippen LogP contribution in [0.5, 0.6) is 0 Å². The zero-order valence-corrected chi connectivity index (χ0v) is 13.2. The molecule has 1 aliphatic heterocycles. The number of aromatic carboxylic acids is 1. The molecule has 116 valence electrons. The summed E-state index contributed by atoms with van der Waals surface area (Å²) in [6.07, 6.45) is 0. The lowest BCUT2D eigenvalue weighted by Crippen LogP contribution is -2.14. The SMILES string of the molecule is CN1Cc2nc(S(=O)(=O)Nc3ccc(C(=O)O)cc3)sc2C1. The van der Waals surface area contributed by atoms with Crippen molar-refractivity contribution in [2.75, 3.05) is 11.8 Å². The molecule has 9 heteroatoms. The molecule has 0 fully saturated rings. The third kappa shape index (κ3) is 2.82. The van der Waals surface area contributed by atoms with Crippen molar-refractivity contribution in [3.63, 3.8) is 0 Å². The number of anilines is 1. The molecule has 2 aromatic rings. The number of aromatic nitrogens is 1. The number of thiazole rings is 1. The number of fused-ring (bicyclic) bond motifs is 1. The first-order valence-electron chi connectivity index (χ1n) is 6.38. The van der Waals surface area contributed by atoms with E-state index in [1.165, 1.54) is 24.3 Å². The number of rotatable bonds is 4. The van der Waals surface area contributed by atoms with E-state index >= 15 is 0 Å². The van der Waals surface area contributed by atoms with Gasteiger partial charge in [-0.15, -0.1) is 11.3 Å². The van der Waals surface area contributed by atoms with Crippen molar-refractivity contribution in [1.82, 2.24) is 9.88 Å². The van der Waals surface area contributed by atoms with Crippen molar-refractivity contribution in [3.8, 4) is 0 Å². The van der Waals surface area contributed by atoms with E-state index in [0.29, 0.717) is 18.8 Å². The molecule has 0 unspecified atom stereocenters. The molecular weight excluding hydrogens is 326 g/mol. The average Bonchev–Trinajstić information content (AvgIpc) is 2.96. The van der Waals surface area contributed by atoms with E-state index in [2.05, 4.69) is 14.6 Å². The smallest absolute Gasteiger partial charge is 0.335 e. The van der Waals surface area contributed by atoms with Gasteiger partial charge in [0.2, 0.25) is 4.34 Å². The molecule has 7 nitrogen and oxygen atoms in total. The maximum atomic E-state index is 12.3. The number of carbonyl (C=O) groups is 1. The summed E-state index contributed by atoms with van der Waals surface area (Å²) in [6, 6.07) is 5.51. The summed E-state index contributed by atoms with van der Waals surface area (Å²) in [5.41, 5.74) is 1.20. The van der Waals surface area contributed by atoms with Gasteiger partial charge in [0.05, 0.1) is 11.3 Å². The zero-order chi connectivity index (χ0) is 15.9. The predicted octanol–water partition coefficient (Wildman–Crippen LogP) is 1.59. The predicted molar refractivity (Wildman–Crippen MR) is 81.5 cm³/mol. The third-order valence-electron chi connectivity index (χ3n) is 3.21. The third-order valence-corrected chi connectivity index (χ3v) is 6.05. The number of benzene rings is 1. The maximum absolute atomic E-state index is 12.3. The summed E-state index contributed by atoms with van der Waals surface area (Å²) in [4.78, 5) is 18.0. The second-order valence-electron chi connectivity index (χ2n) is 5.01. The molecule has 0 saturated carbocycles. The maximum Gasteiger partial charge on any atom is 0.335 e. The van der Waals surface area contributed by atoms with Crippen LogP contribution in [0.15, 0.2) is 28.6 Å². The van der Waals surface area contributed by atoms with Gasteiger partial charge in [0, 0.05) is 23.7 Å². The van der Waals surface area contributed by atoms with E-state index in [0.717, 1.165) is 21.9 Å². The van der Waals surface area contributed by atoms with Gasteiger partial charge in [0.1, 0.15) is 0 Å². The Morgan fingerprint density at radius 3 is 2.59 bits per heavy atom. The number of sulfonamides is 1. The molecule has 0 bridgehead atoms. The Morgan fingerprint density at radius 2 is 2.00 bits per heavy atom. The number of hydrogen-bond acceptors (Lipinski definition) is 6. The van der Waals surface area contributed by atoms with Crippen molar-refractivity contribution in [3.05, 3.63) is 40.4 Å². The molecule has 1 aliphatic rings. The summed E-state index contributed by atoms with van der Waals surface area (Å²) in [7, 11) is -1.80. The number of carboxylic acid groups (broad SMARTS) is 1. The fraction of sp³-hybridized carbons (Fsp3) is 0.231. The highest BCUT2D eigenvalue weighted by Crippen LogP contribution is 2.30.